The average Bonchev–Trinajstić information content (AvgIpc) is 3.33. The van der Waals surface area contributed by atoms with Crippen LogP contribution in [0, 0.1) is 0 Å². The van der Waals surface area contributed by atoms with Gasteiger partial charge in [0, 0.05) is 19.3 Å². The maximum Gasteiger partial charge on any atom is 0.306 e. The molecule has 0 saturated carbocycles. The molecule has 0 aromatic heterocycles. The highest BCUT2D eigenvalue weighted by Gasteiger charge is 2.19. The SMILES string of the molecule is CC/C=C\C/C=C\C/C=C\C/C=C\C/C=C\CCCCCC(=O)O[C@H](COC(=O)CCCCCCC/C=C\C/C=C\CCCCC)COC(=O)CCCCCCCCCCCCCCCCC. The summed E-state index contributed by atoms with van der Waals surface area (Å²) >= 11 is 0. The Labute approximate surface area is 414 Å². The maximum atomic E-state index is 12.8. The molecule has 0 radical (unpaired) electrons. The van der Waals surface area contributed by atoms with E-state index in [9.17, 15) is 14.4 Å². The van der Waals surface area contributed by atoms with Crippen LogP contribution in [0.4, 0.5) is 0 Å². The molecule has 6 heteroatoms. The molecule has 0 N–H and O–H groups in total. The van der Waals surface area contributed by atoms with Crippen molar-refractivity contribution in [3.63, 3.8) is 0 Å². The summed E-state index contributed by atoms with van der Waals surface area (Å²) in [5, 5.41) is 0. The molecule has 0 spiro atoms. The molecule has 0 aliphatic heterocycles. The first-order valence-corrected chi connectivity index (χ1v) is 28.1. The third-order valence-corrected chi connectivity index (χ3v) is 11.9. The smallest absolute Gasteiger partial charge is 0.306 e. The molecule has 1 atom stereocenters. The summed E-state index contributed by atoms with van der Waals surface area (Å²) < 4.78 is 16.8. The first-order valence-electron chi connectivity index (χ1n) is 28.1. The fourth-order valence-electron chi connectivity index (χ4n) is 7.68. The van der Waals surface area contributed by atoms with Gasteiger partial charge in [-0.15, -0.1) is 0 Å². The van der Waals surface area contributed by atoms with Crippen molar-refractivity contribution in [2.24, 2.45) is 0 Å². The number of rotatable bonds is 50. The van der Waals surface area contributed by atoms with Gasteiger partial charge < -0.3 is 14.2 Å². The van der Waals surface area contributed by atoms with E-state index in [-0.39, 0.29) is 37.5 Å². The van der Waals surface area contributed by atoms with Gasteiger partial charge in [-0.05, 0) is 96.3 Å². The molecule has 0 aliphatic rings. The van der Waals surface area contributed by atoms with Crippen molar-refractivity contribution in [3.8, 4) is 0 Å². The van der Waals surface area contributed by atoms with Gasteiger partial charge >= 0.3 is 17.9 Å². The number of carbonyl (C=O) groups is 3. The molecule has 67 heavy (non-hydrogen) atoms. The predicted molar refractivity (Wildman–Crippen MR) is 288 cm³/mol. The molecule has 0 heterocycles. The second-order valence-electron chi connectivity index (χ2n) is 18.5. The Bertz CT molecular complexity index is 1300. The highest BCUT2D eigenvalue weighted by atomic mass is 16.6. The second-order valence-corrected chi connectivity index (χ2v) is 18.5. The highest BCUT2D eigenvalue weighted by Crippen LogP contribution is 2.15. The van der Waals surface area contributed by atoms with Gasteiger partial charge in [0.1, 0.15) is 13.2 Å². The Morgan fingerprint density at radius 1 is 0.313 bits per heavy atom. The van der Waals surface area contributed by atoms with Gasteiger partial charge in [-0.2, -0.15) is 0 Å². The molecule has 0 aliphatic carbocycles. The molecule has 0 aromatic rings. The fourth-order valence-corrected chi connectivity index (χ4v) is 7.68. The van der Waals surface area contributed by atoms with Crippen LogP contribution in [0.25, 0.3) is 0 Å². The zero-order chi connectivity index (χ0) is 48.6. The van der Waals surface area contributed by atoms with Crippen LogP contribution in [-0.4, -0.2) is 37.2 Å². The Kier molecular flexibility index (Phi) is 52.4. The van der Waals surface area contributed by atoms with Gasteiger partial charge in [0.25, 0.3) is 0 Å². The van der Waals surface area contributed by atoms with E-state index in [1.165, 1.54) is 103 Å². The molecule has 0 bridgehead atoms. The summed E-state index contributed by atoms with van der Waals surface area (Å²) in [6, 6.07) is 0. The Morgan fingerprint density at radius 3 is 0.955 bits per heavy atom. The molecule has 6 nitrogen and oxygen atoms in total. The molecular weight excluding hydrogens is 829 g/mol. The van der Waals surface area contributed by atoms with Gasteiger partial charge in [-0.25, -0.2) is 0 Å². The van der Waals surface area contributed by atoms with Crippen LogP contribution in [0.2, 0.25) is 0 Å². The van der Waals surface area contributed by atoms with Crippen molar-refractivity contribution in [1.82, 2.24) is 0 Å². The number of hydrogen-bond donors (Lipinski definition) is 0. The minimum atomic E-state index is -0.799. The minimum Gasteiger partial charge on any atom is -0.462 e. The van der Waals surface area contributed by atoms with Crippen LogP contribution in [-0.2, 0) is 28.6 Å². The number of carbonyl (C=O) groups excluding carboxylic acids is 3. The summed E-state index contributed by atoms with van der Waals surface area (Å²) in [6.07, 6.45) is 71.4. The summed E-state index contributed by atoms with van der Waals surface area (Å²) in [4.78, 5) is 38.1. The zero-order valence-electron chi connectivity index (χ0n) is 43.9. The molecule has 0 amide bonds. The van der Waals surface area contributed by atoms with Crippen molar-refractivity contribution in [1.29, 1.82) is 0 Å². The highest BCUT2D eigenvalue weighted by molar-refractivity contribution is 5.71. The van der Waals surface area contributed by atoms with Gasteiger partial charge in [0.05, 0.1) is 0 Å². The van der Waals surface area contributed by atoms with Gasteiger partial charge in [-0.1, -0.05) is 234 Å². The van der Waals surface area contributed by atoms with Gasteiger partial charge in [0.15, 0.2) is 6.10 Å². The van der Waals surface area contributed by atoms with Crippen molar-refractivity contribution >= 4 is 17.9 Å². The van der Waals surface area contributed by atoms with Crippen LogP contribution in [0.3, 0.4) is 0 Å². The molecular formula is C61H104O6. The van der Waals surface area contributed by atoms with E-state index >= 15 is 0 Å². The van der Waals surface area contributed by atoms with E-state index in [0.717, 1.165) is 122 Å². The first-order chi connectivity index (χ1) is 33.0. The van der Waals surface area contributed by atoms with E-state index in [2.05, 4.69) is 106 Å². The lowest BCUT2D eigenvalue weighted by Crippen LogP contribution is -2.30. The Hall–Kier alpha value is -3.41. The zero-order valence-corrected chi connectivity index (χ0v) is 43.9. The number of esters is 3. The number of unbranched alkanes of at least 4 members (excludes halogenated alkanes) is 25. The fraction of sp³-hybridized carbons (Fsp3) is 0.721. The van der Waals surface area contributed by atoms with Crippen LogP contribution in [0.1, 0.15) is 265 Å². The van der Waals surface area contributed by atoms with Crippen molar-refractivity contribution in [3.05, 3.63) is 85.1 Å². The standard InChI is InChI=1S/C61H104O6/c1-4-7-10-13-16-19-22-25-28-29-30-31-34-37-40-43-46-49-52-55-61(64)67-58(56-65-59(62)53-50-47-44-41-38-35-32-26-23-20-17-14-11-8-5-2)57-66-60(63)54-51-48-45-42-39-36-33-27-24-21-18-15-12-9-6-3/h7,10,16-17,19-20,25-26,28,30-32,37,40,58H,4-6,8-9,11-15,18,21-24,27,29,33-36,38-39,41-57H2,1-3H3/b10-7-,19-16-,20-17-,28-25-,31-30-,32-26-,40-37-/t58-/m1/s1. The lowest BCUT2D eigenvalue weighted by atomic mass is 10.0. The summed E-state index contributed by atoms with van der Waals surface area (Å²) in [7, 11) is 0. The third-order valence-electron chi connectivity index (χ3n) is 11.9. The average molecular weight is 933 g/mol. The largest absolute Gasteiger partial charge is 0.462 e. The number of hydrogen-bond acceptors (Lipinski definition) is 6. The lowest BCUT2D eigenvalue weighted by Gasteiger charge is -2.18. The molecule has 0 saturated heterocycles. The number of ether oxygens (including phenoxy) is 3. The molecule has 0 aromatic carbocycles. The monoisotopic (exact) mass is 933 g/mol. The van der Waals surface area contributed by atoms with Crippen molar-refractivity contribution < 1.29 is 28.6 Å². The quantitative estimate of drug-likeness (QED) is 0.0262. The maximum absolute atomic E-state index is 12.8. The van der Waals surface area contributed by atoms with Gasteiger partial charge in [-0.3, -0.25) is 14.4 Å². The summed E-state index contributed by atoms with van der Waals surface area (Å²) in [5.41, 5.74) is 0. The summed E-state index contributed by atoms with van der Waals surface area (Å²) in [5.74, 6) is -0.934. The summed E-state index contributed by atoms with van der Waals surface area (Å²) in [6.45, 7) is 6.47. The van der Waals surface area contributed by atoms with Crippen LogP contribution in [0.5, 0.6) is 0 Å². The van der Waals surface area contributed by atoms with E-state index in [0.29, 0.717) is 12.8 Å². The molecule has 0 rings (SSSR count). The van der Waals surface area contributed by atoms with Crippen LogP contribution < -0.4 is 0 Å². The van der Waals surface area contributed by atoms with Crippen molar-refractivity contribution in [2.75, 3.05) is 13.2 Å². The minimum absolute atomic E-state index is 0.0929. The number of allylic oxidation sites excluding steroid dienone is 14. The van der Waals surface area contributed by atoms with E-state index in [1.54, 1.807) is 0 Å². The Morgan fingerprint density at radius 2 is 0.582 bits per heavy atom. The van der Waals surface area contributed by atoms with Crippen LogP contribution >= 0.6 is 0 Å². The predicted octanol–water partition coefficient (Wildman–Crippen LogP) is 18.8. The van der Waals surface area contributed by atoms with E-state index in [4.69, 9.17) is 14.2 Å². The molecule has 0 fully saturated rings. The van der Waals surface area contributed by atoms with Crippen molar-refractivity contribution in [2.45, 2.75) is 271 Å². The first kappa shape index (κ1) is 63.6. The van der Waals surface area contributed by atoms with E-state index < -0.39 is 6.10 Å². The second kappa shape index (κ2) is 55.2. The van der Waals surface area contributed by atoms with Crippen LogP contribution in [0.15, 0.2) is 85.1 Å². The molecule has 384 valence electrons. The lowest BCUT2D eigenvalue weighted by molar-refractivity contribution is -0.167. The third kappa shape index (κ3) is 53.4. The molecule has 0 unspecified atom stereocenters. The topological polar surface area (TPSA) is 78.9 Å². The normalized spacial score (nSPS) is 12.7. The Balaban J connectivity index is 4.47. The van der Waals surface area contributed by atoms with Gasteiger partial charge in [0.2, 0.25) is 0 Å². The van der Waals surface area contributed by atoms with E-state index in [1.807, 2.05) is 0 Å².